The molecule has 1 N–H and O–H groups in total. The van der Waals surface area contributed by atoms with Gasteiger partial charge in [0.25, 0.3) is 0 Å². The maximum Gasteiger partial charge on any atom is 0.230 e. The molecule has 0 spiro atoms. The lowest BCUT2D eigenvalue weighted by molar-refractivity contribution is 0.391. The van der Waals surface area contributed by atoms with Gasteiger partial charge in [-0.25, -0.2) is 0 Å². The van der Waals surface area contributed by atoms with Gasteiger partial charge in [-0.05, 0) is 35.0 Å². The second-order valence-corrected chi connectivity index (χ2v) is 5.30. The van der Waals surface area contributed by atoms with Gasteiger partial charge >= 0.3 is 0 Å². The minimum absolute atomic E-state index is 0.262. The molecule has 3 heterocycles. The van der Waals surface area contributed by atoms with Gasteiger partial charge in [0.05, 0.1) is 13.2 Å². The second-order valence-electron chi connectivity index (χ2n) is 3.73. The van der Waals surface area contributed by atoms with E-state index in [1.807, 2.05) is 11.3 Å². The summed E-state index contributed by atoms with van der Waals surface area (Å²) in [5.41, 5.74) is 2.62. The van der Waals surface area contributed by atoms with E-state index < -0.39 is 0 Å². The van der Waals surface area contributed by atoms with Crippen molar-refractivity contribution in [3.63, 3.8) is 0 Å². The van der Waals surface area contributed by atoms with E-state index in [-0.39, 0.29) is 6.04 Å². The maximum absolute atomic E-state index is 5.29. The van der Waals surface area contributed by atoms with Crippen LogP contribution in [-0.4, -0.2) is 18.0 Å². The van der Waals surface area contributed by atoms with E-state index in [0.717, 1.165) is 24.4 Å². The van der Waals surface area contributed by atoms with Crippen molar-refractivity contribution in [2.24, 2.45) is 0 Å². The van der Waals surface area contributed by atoms with Crippen molar-refractivity contribution in [3.8, 4) is 5.88 Å². The van der Waals surface area contributed by atoms with E-state index in [1.54, 1.807) is 7.11 Å². The van der Waals surface area contributed by atoms with Crippen molar-refractivity contribution >= 4 is 22.9 Å². The van der Waals surface area contributed by atoms with Crippen LogP contribution in [0.4, 0.5) is 0 Å². The molecule has 0 saturated carbocycles. The van der Waals surface area contributed by atoms with Crippen LogP contribution < -0.4 is 10.1 Å². The van der Waals surface area contributed by atoms with Crippen LogP contribution in [0.15, 0.2) is 16.8 Å². The van der Waals surface area contributed by atoms with Crippen molar-refractivity contribution in [1.82, 2.24) is 9.69 Å². The predicted octanol–water partition coefficient (Wildman–Crippen LogP) is 2.45. The van der Waals surface area contributed by atoms with Crippen LogP contribution in [0.1, 0.15) is 22.0 Å². The number of methoxy groups -OCH3 is 1. The van der Waals surface area contributed by atoms with Gasteiger partial charge in [0.15, 0.2) is 0 Å². The van der Waals surface area contributed by atoms with Crippen LogP contribution in [-0.2, 0) is 6.42 Å². The van der Waals surface area contributed by atoms with Gasteiger partial charge in [-0.1, -0.05) is 0 Å². The zero-order chi connectivity index (χ0) is 11.0. The summed E-state index contributed by atoms with van der Waals surface area (Å²) in [7, 11) is 1.68. The highest BCUT2D eigenvalue weighted by Crippen LogP contribution is 2.37. The smallest absolute Gasteiger partial charge is 0.230 e. The van der Waals surface area contributed by atoms with Gasteiger partial charge in [-0.15, -0.1) is 11.3 Å². The summed E-state index contributed by atoms with van der Waals surface area (Å²) in [6, 6.07) is 2.48. The molecular weight excluding hydrogens is 240 g/mol. The van der Waals surface area contributed by atoms with Crippen LogP contribution in [0, 0.1) is 0 Å². The summed E-state index contributed by atoms with van der Waals surface area (Å²) in [5, 5.41) is 7.77. The average molecular weight is 252 g/mol. The molecule has 3 nitrogen and oxygen atoms in total. The van der Waals surface area contributed by atoms with Crippen LogP contribution in [0.2, 0.25) is 0 Å². The Hall–Kier alpha value is -0.910. The molecule has 0 saturated heterocycles. The average Bonchev–Trinajstić information content (AvgIpc) is 2.96. The molecule has 16 heavy (non-hydrogen) atoms. The van der Waals surface area contributed by atoms with Crippen LogP contribution in [0.5, 0.6) is 5.88 Å². The Labute approximate surface area is 102 Å². The molecule has 0 aromatic carbocycles. The lowest BCUT2D eigenvalue weighted by Crippen LogP contribution is -2.29. The van der Waals surface area contributed by atoms with Gasteiger partial charge < -0.3 is 10.1 Å². The van der Waals surface area contributed by atoms with Crippen LogP contribution in [0.25, 0.3) is 0 Å². The fraction of sp³-hybridized carbons (Fsp3) is 0.364. The van der Waals surface area contributed by atoms with E-state index >= 15 is 0 Å². The summed E-state index contributed by atoms with van der Waals surface area (Å²) in [6.45, 7) is 1.02. The number of fused-ring (bicyclic) bond motifs is 1. The third kappa shape index (κ3) is 1.55. The third-order valence-corrected chi connectivity index (χ3v) is 4.51. The molecule has 2 aromatic rings. The molecule has 3 rings (SSSR count). The molecule has 1 unspecified atom stereocenters. The summed E-state index contributed by atoms with van der Waals surface area (Å²) < 4.78 is 9.55. The highest BCUT2D eigenvalue weighted by molar-refractivity contribution is 7.10. The summed E-state index contributed by atoms with van der Waals surface area (Å²) in [4.78, 5) is 1.41. The highest BCUT2D eigenvalue weighted by atomic mass is 32.1. The van der Waals surface area contributed by atoms with Crippen LogP contribution in [0.3, 0.4) is 0 Å². The Kier molecular flexibility index (Phi) is 2.67. The number of thiophene rings is 1. The largest absolute Gasteiger partial charge is 0.480 e. The first-order chi connectivity index (χ1) is 7.90. The molecule has 1 aliphatic rings. The molecule has 84 valence electrons. The van der Waals surface area contributed by atoms with Gasteiger partial charge in [0.1, 0.15) is 0 Å². The highest BCUT2D eigenvalue weighted by Gasteiger charge is 2.26. The number of rotatable bonds is 2. The lowest BCUT2D eigenvalue weighted by atomic mass is 10.00. The van der Waals surface area contributed by atoms with Crippen molar-refractivity contribution < 1.29 is 4.74 Å². The van der Waals surface area contributed by atoms with Gasteiger partial charge in [0, 0.05) is 22.4 Å². The minimum Gasteiger partial charge on any atom is -0.480 e. The predicted molar refractivity (Wildman–Crippen MR) is 66.5 cm³/mol. The fourth-order valence-electron chi connectivity index (χ4n) is 2.08. The number of hydrogen-bond acceptors (Lipinski definition) is 5. The topological polar surface area (TPSA) is 34.1 Å². The summed E-state index contributed by atoms with van der Waals surface area (Å²) in [6.07, 6.45) is 1.12. The molecule has 0 amide bonds. The van der Waals surface area contributed by atoms with Gasteiger partial charge in [-0.3, -0.25) is 0 Å². The number of nitrogens with one attached hydrogen (secondary N) is 1. The minimum atomic E-state index is 0.262. The number of hydrogen-bond donors (Lipinski definition) is 1. The Balaban J connectivity index is 2.04. The first-order valence-corrected chi connectivity index (χ1v) is 6.89. The fourth-order valence-corrected chi connectivity index (χ4v) is 3.81. The molecule has 0 fully saturated rings. The first kappa shape index (κ1) is 10.3. The normalized spacial score (nSPS) is 19.4. The summed E-state index contributed by atoms with van der Waals surface area (Å²) in [5.74, 6) is 0.753. The van der Waals surface area contributed by atoms with E-state index in [0.29, 0.717) is 0 Å². The van der Waals surface area contributed by atoms with Crippen molar-refractivity contribution in [2.45, 2.75) is 12.5 Å². The summed E-state index contributed by atoms with van der Waals surface area (Å²) >= 11 is 3.26. The van der Waals surface area contributed by atoms with E-state index in [1.165, 1.54) is 22.0 Å². The zero-order valence-electron chi connectivity index (χ0n) is 8.90. The lowest BCUT2D eigenvalue weighted by Gasteiger charge is -2.23. The van der Waals surface area contributed by atoms with Crippen LogP contribution >= 0.6 is 22.9 Å². The Morgan fingerprint density at radius 1 is 1.56 bits per heavy atom. The maximum atomic E-state index is 5.29. The van der Waals surface area contributed by atoms with E-state index in [4.69, 9.17) is 4.74 Å². The van der Waals surface area contributed by atoms with Gasteiger partial charge in [0.2, 0.25) is 5.88 Å². The Morgan fingerprint density at radius 2 is 2.50 bits per heavy atom. The Bertz CT molecular complexity index is 492. The standard InChI is InChI=1S/C11H12N2OS2/c1-14-11-8(6-16-13-11)9-10-7(2-4-12-9)3-5-15-10/h3,5-6,9,12H,2,4H2,1H3. The molecule has 2 aromatic heterocycles. The van der Waals surface area contributed by atoms with Crippen molar-refractivity contribution in [1.29, 1.82) is 0 Å². The second kappa shape index (κ2) is 4.16. The third-order valence-electron chi connectivity index (χ3n) is 2.85. The van der Waals surface area contributed by atoms with Gasteiger partial charge in [-0.2, -0.15) is 4.37 Å². The molecule has 5 heteroatoms. The van der Waals surface area contributed by atoms with Crippen molar-refractivity contribution in [3.05, 3.63) is 32.8 Å². The number of nitrogens with zero attached hydrogens (tertiary/aromatic N) is 1. The molecule has 1 aliphatic heterocycles. The number of aromatic nitrogens is 1. The van der Waals surface area contributed by atoms with E-state index in [2.05, 4.69) is 26.5 Å². The van der Waals surface area contributed by atoms with E-state index in [9.17, 15) is 0 Å². The first-order valence-electron chi connectivity index (χ1n) is 5.18. The Morgan fingerprint density at radius 3 is 3.38 bits per heavy atom. The molecule has 1 atom stereocenters. The quantitative estimate of drug-likeness (QED) is 0.891. The SMILES string of the molecule is COc1nscc1C1NCCc2ccsc21. The monoisotopic (exact) mass is 252 g/mol. The molecule has 0 radical (unpaired) electrons. The number of ether oxygens (including phenoxy) is 1. The zero-order valence-corrected chi connectivity index (χ0v) is 10.5. The van der Waals surface area contributed by atoms with Crippen molar-refractivity contribution in [2.75, 3.05) is 13.7 Å². The molecular formula is C11H12N2OS2. The molecule has 0 bridgehead atoms. The molecule has 0 aliphatic carbocycles.